The molecule has 2 heterocycles. The Balaban J connectivity index is 2.09. The van der Waals surface area contributed by atoms with Crippen molar-refractivity contribution in [2.75, 3.05) is 23.7 Å². The Labute approximate surface area is 135 Å². The van der Waals surface area contributed by atoms with Crippen molar-refractivity contribution < 1.29 is 8.42 Å². The number of benzene rings is 1. The Morgan fingerprint density at radius 3 is 2.83 bits per heavy atom. The van der Waals surface area contributed by atoms with Crippen LogP contribution in [-0.2, 0) is 10.0 Å². The maximum atomic E-state index is 12.4. The second-order valence-electron chi connectivity index (χ2n) is 5.46. The molecule has 2 aromatic rings. The van der Waals surface area contributed by atoms with Crippen molar-refractivity contribution in [3.05, 3.63) is 35.5 Å². The SMILES string of the molecule is Cc1cnc2nc1NCCCNS(=O)(=O)c1cccc(c1C)N2. The van der Waals surface area contributed by atoms with Gasteiger partial charge in [-0.25, -0.2) is 18.1 Å². The number of nitrogens with one attached hydrogen (secondary N) is 3. The molecule has 8 heteroatoms. The minimum Gasteiger partial charge on any atom is -0.370 e. The Hall–Kier alpha value is -2.19. The van der Waals surface area contributed by atoms with E-state index < -0.39 is 10.0 Å². The number of aromatic nitrogens is 2. The average molecular weight is 333 g/mol. The summed E-state index contributed by atoms with van der Waals surface area (Å²) in [5.74, 6) is 1.18. The van der Waals surface area contributed by atoms with E-state index in [-0.39, 0.29) is 4.90 Å². The minimum absolute atomic E-state index is 0.266. The largest absolute Gasteiger partial charge is 0.370 e. The van der Waals surface area contributed by atoms with Gasteiger partial charge in [-0.1, -0.05) is 6.07 Å². The summed E-state index contributed by atoms with van der Waals surface area (Å²) >= 11 is 0. The van der Waals surface area contributed by atoms with Crippen LogP contribution in [0, 0.1) is 13.8 Å². The van der Waals surface area contributed by atoms with Crippen LogP contribution in [0.3, 0.4) is 0 Å². The Kier molecular flexibility index (Phi) is 4.18. The van der Waals surface area contributed by atoms with E-state index in [4.69, 9.17) is 0 Å². The van der Waals surface area contributed by atoms with Crippen molar-refractivity contribution in [2.45, 2.75) is 25.2 Å². The summed E-state index contributed by atoms with van der Waals surface area (Å²) in [4.78, 5) is 8.99. The Bertz CT molecular complexity index is 836. The number of hydrogen-bond donors (Lipinski definition) is 3. The van der Waals surface area contributed by atoms with E-state index in [2.05, 4.69) is 25.3 Å². The summed E-state index contributed by atoms with van der Waals surface area (Å²) in [6.45, 7) is 4.68. The lowest BCUT2D eigenvalue weighted by atomic mass is 10.2. The lowest BCUT2D eigenvalue weighted by molar-refractivity contribution is 0.579. The molecule has 1 aromatic heterocycles. The monoisotopic (exact) mass is 333 g/mol. The molecule has 0 radical (unpaired) electrons. The van der Waals surface area contributed by atoms with Gasteiger partial charge in [-0.15, -0.1) is 0 Å². The van der Waals surface area contributed by atoms with Gasteiger partial charge in [0.25, 0.3) is 0 Å². The van der Waals surface area contributed by atoms with E-state index in [0.29, 0.717) is 36.7 Å². The average Bonchev–Trinajstić information content (AvgIpc) is 2.51. The smallest absolute Gasteiger partial charge is 0.240 e. The molecule has 0 atom stereocenters. The van der Waals surface area contributed by atoms with Crippen LogP contribution >= 0.6 is 0 Å². The first kappa shape index (κ1) is 15.7. The number of nitrogens with zero attached hydrogens (tertiary/aromatic N) is 2. The fourth-order valence-electron chi connectivity index (χ4n) is 2.42. The van der Waals surface area contributed by atoms with Crippen molar-refractivity contribution in [1.29, 1.82) is 0 Å². The third kappa shape index (κ3) is 3.27. The number of fused-ring (bicyclic) bond motifs is 4. The standard InChI is InChI=1S/C15H19N5O2S/c1-10-9-17-15-19-12-5-3-6-13(11(12)2)23(21,22)18-8-4-7-16-14(10)20-15/h3,5-6,9,18H,4,7-8H2,1-2H3,(H2,16,17,19,20). The highest BCUT2D eigenvalue weighted by molar-refractivity contribution is 7.89. The third-order valence-electron chi connectivity index (χ3n) is 3.73. The van der Waals surface area contributed by atoms with Crippen molar-refractivity contribution in [3.63, 3.8) is 0 Å². The summed E-state index contributed by atoms with van der Waals surface area (Å²) in [6.07, 6.45) is 2.40. The van der Waals surface area contributed by atoms with Gasteiger partial charge in [0, 0.05) is 30.5 Å². The fraction of sp³-hybridized carbons (Fsp3) is 0.333. The van der Waals surface area contributed by atoms with Crippen molar-refractivity contribution in [2.24, 2.45) is 0 Å². The van der Waals surface area contributed by atoms with E-state index >= 15 is 0 Å². The molecule has 0 spiro atoms. The van der Waals surface area contributed by atoms with Gasteiger partial charge >= 0.3 is 0 Å². The van der Waals surface area contributed by atoms with Gasteiger partial charge in [0.15, 0.2) is 0 Å². The molecule has 0 saturated heterocycles. The van der Waals surface area contributed by atoms with Gasteiger partial charge in [-0.3, -0.25) is 0 Å². The summed E-state index contributed by atoms with van der Waals surface area (Å²) in [7, 11) is -3.53. The maximum Gasteiger partial charge on any atom is 0.240 e. The zero-order valence-electron chi connectivity index (χ0n) is 13.0. The minimum atomic E-state index is -3.53. The van der Waals surface area contributed by atoms with E-state index in [1.165, 1.54) is 0 Å². The molecule has 0 saturated carbocycles. The molecule has 1 aliphatic heterocycles. The molecule has 122 valence electrons. The summed E-state index contributed by atoms with van der Waals surface area (Å²) < 4.78 is 27.5. The molecule has 0 aliphatic carbocycles. The predicted octanol–water partition coefficient (Wildman–Crippen LogP) is 1.93. The highest BCUT2D eigenvalue weighted by atomic mass is 32.2. The third-order valence-corrected chi connectivity index (χ3v) is 5.34. The van der Waals surface area contributed by atoms with E-state index in [1.807, 2.05) is 13.0 Å². The number of hydrogen-bond acceptors (Lipinski definition) is 6. The number of aryl methyl sites for hydroxylation is 1. The molecule has 0 amide bonds. The zero-order chi connectivity index (χ0) is 16.4. The molecule has 7 nitrogen and oxygen atoms in total. The molecule has 3 rings (SSSR count). The quantitative estimate of drug-likeness (QED) is 0.682. The van der Waals surface area contributed by atoms with Gasteiger partial charge in [0.05, 0.1) is 4.90 Å². The van der Waals surface area contributed by atoms with Crippen molar-refractivity contribution in [3.8, 4) is 0 Å². The van der Waals surface area contributed by atoms with Crippen LogP contribution < -0.4 is 15.4 Å². The normalized spacial score (nSPS) is 17.0. The Morgan fingerprint density at radius 1 is 1.17 bits per heavy atom. The lowest BCUT2D eigenvalue weighted by Gasteiger charge is -2.13. The summed E-state index contributed by atoms with van der Waals surface area (Å²) in [5.41, 5.74) is 2.25. The van der Waals surface area contributed by atoms with Crippen LogP contribution in [0.15, 0.2) is 29.3 Å². The van der Waals surface area contributed by atoms with Crippen molar-refractivity contribution in [1.82, 2.24) is 14.7 Å². The van der Waals surface area contributed by atoms with E-state index in [1.54, 1.807) is 25.3 Å². The predicted molar refractivity (Wildman–Crippen MR) is 89.5 cm³/mol. The number of sulfonamides is 1. The van der Waals surface area contributed by atoms with Gasteiger partial charge in [-0.05, 0) is 38.0 Å². The zero-order valence-corrected chi connectivity index (χ0v) is 13.9. The summed E-state index contributed by atoms with van der Waals surface area (Å²) in [6, 6.07) is 5.11. The van der Waals surface area contributed by atoms with Crippen LogP contribution in [-0.4, -0.2) is 31.5 Å². The lowest BCUT2D eigenvalue weighted by Crippen LogP contribution is -2.26. The van der Waals surface area contributed by atoms with Gasteiger partial charge in [0.1, 0.15) is 5.82 Å². The molecule has 23 heavy (non-hydrogen) atoms. The van der Waals surface area contributed by atoms with Gasteiger partial charge in [0.2, 0.25) is 16.0 Å². The van der Waals surface area contributed by atoms with E-state index in [0.717, 1.165) is 11.4 Å². The van der Waals surface area contributed by atoms with Crippen molar-refractivity contribution >= 4 is 27.5 Å². The fourth-order valence-corrected chi connectivity index (χ4v) is 3.76. The van der Waals surface area contributed by atoms with Crippen LogP contribution in [0.2, 0.25) is 0 Å². The Morgan fingerprint density at radius 2 is 2.00 bits per heavy atom. The molecule has 0 fully saturated rings. The molecular formula is C15H19N5O2S. The highest BCUT2D eigenvalue weighted by Gasteiger charge is 2.19. The maximum absolute atomic E-state index is 12.4. The van der Waals surface area contributed by atoms with Crippen LogP contribution in [0.1, 0.15) is 17.5 Å². The van der Waals surface area contributed by atoms with Crippen LogP contribution in [0.5, 0.6) is 0 Å². The van der Waals surface area contributed by atoms with Gasteiger partial charge < -0.3 is 10.6 Å². The molecule has 1 aliphatic rings. The second-order valence-corrected chi connectivity index (χ2v) is 7.19. The topological polar surface area (TPSA) is 96.0 Å². The summed E-state index contributed by atoms with van der Waals surface area (Å²) in [5, 5.41) is 6.32. The highest BCUT2D eigenvalue weighted by Crippen LogP contribution is 2.25. The molecule has 4 bridgehead atoms. The van der Waals surface area contributed by atoms with E-state index in [9.17, 15) is 8.42 Å². The second kappa shape index (κ2) is 6.13. The molecule has 3 N–H and O–H groups in total. The first-order chi connectivity index (χ1) is 11.0. The van der Waals surface area contributed by atoms with Crippen LogP contribution in [0.4, 0.5) is 17.5 Å². The molecular weight excluding hydrogens is 314 g/mol. The van der Waals surface area contributed by atoms with Crippen LogP contribution in [0.25, 0.3) is 0 Å². The first-order valence-corrected chi connectivity index (χ1v) is 8.89. The number of rotatable bonds is 0. The molecule has 0 unspecified atom stereocenters. The number of anilines is 3. The first-order valence-electron chi connectivity index (χ1n) is 7.41. The van der Waals surface area contributed by atoms with Gasteiger partial charge in [-0.2, -0.15) is 4.98 Å². The molecule has 1 aromatic carbocycles.